The van der Waals surface area contributed by atoms with Gasteiger partial charge in [0, 0.05) is 43.5 Å². The number of nitrogens with zero attached hydrogens (tertiary/aromatic N) is 3. The highest BCUT2D eigenvalue weighted by molar-refractivity contribution is 5.86. The van der Waals surface area contributed by atoms with Crippen molar-refractivity contribution in [3.63, 3.8) is 0 Å². The van der Waals surface area contributed by atoms with Crippen LogP contribution in [0.25, 0.3) is 10.9 Å². The fourth-order valence-corrected chi connectivity index (χ4v) is 4.08. The Kier molecular flexibility index (Phi) is 5.10. The largest absolute Gasteiger partial charge is 0.496 e. The van der Waals surface area contributed by atoms with Crippen molar-refractivity contribution in [3.05, 3.63) is 60.6 Å². The third kappa shape index (κ3) is 3.54. The fraction of sp³-hybridized carbons (Fsp3) is 0.364. The maximum Gasteiger partial charge on any atom is 0.224 e. The molecule has 5 heteroatoms. The first-order valence-electron chi connectivity index (χ1n) is 9.59. The van der Waals surface area contributed by atoms with Crippen LogP contribution in [0.2, 0.25) is 0 Å². The number of benzene rings is 1. The number of piperidine rings is 1. The summed E-state index contributed by atoms with van der Waals surface area (Å²) in [6.07, 6.45) is 9.46. The highest BCUT2D eigenvalue weighted by Crippen LogP contribution is 2.31. The Balaban J connectivity index is 1.49. The zero-order chi connectivity index (χ0) is 18.6. The molecule has 1 fully saturated rings. The lowest BCUT2D eigenvalue weighted by molar-refractivity contribution is -0.135. The Hall–Kier alpha value is -2.82. The third-order valence-electron chi connectivity index (χ3n) is 5.45. The van der Waals surface area contributed by atoms with E-state index in [9.17, 15) is 4.79 Å². The van der Waals surface area contributed by atoms with E-state index in [4.69, 9.17) is 4.74 Å². The van der Waals surface area contributed by atoms with Crippen molar-refractivity contribution >= 4 is 16.8 Å². The average molecular weight is 363 g/mol. The van der Waals surface area contributed by atoms with E-state index in [-0.39, 0.29) is 11.9 Å². The molecule has 1 aliphatic rings. The number of carbonyl (C=O) groups excluding carboxylic acids is 1. The first-order valence-corrected chi connectivity index (χ1v) is 9.59. The first-order chi connectivity index (χ1) is 13.3. The van der Waals surface area contributed by atoms with Gasteiger partial charge in [-0.25, -0.2) is 0 Å². The molecule has 0 aliphatic carbocycles. The second kappa shape index (κ2) is 7.82. The lowest BCUT2D eigenvalue weighted by Gasteiger charge is -2.36. The summed E-state index contributed by atoms with van der Waals surface area (Å²) < 4.78 is 7.57. The SMILES string of the molecule is COc1cccc2c1ccn2CCC(=O)N1CCCC[C@H]1c1cccnc1. The monoisotopic (exact) mass is 363 g/mol. The van der Waals surface area contributed by atoms with E-state index in [0.717, 1.165) is 48.0 Å². The molecule has 1 aliphatic heterocycles. The van der Waals surface area contributed by atoms with Crippen LogP contribution in [0.5, 0.6) is 5.75 Å². The van der Waals surface area contributed by atoms with E-state index in [1.54, 1.807) is 13.3 Å². The molecule has 1 atom stereocenters. The van der Waals surface area contributed by atoms with Crippen molar-refractivity contribution < 1.29 is 9.53 Å². The van der Waals surface area contributed by atoms with Crippen molar-refractivity contribution in [3.8, 4) is 5.75 Å². The van der Waals surface area contributed by atoms with Crippen LogP contribution in [-0.2, 0) is 11.3 Å². The number of hydrogen-bond donors (Lipinski definition) is 0. The smallest absolute Gasteiger partial charge is 0.224 e. The molecule has 27 heavy (non-hydrogen) atoms. The van der Waals surface area contributed by atoms with Crippen LogP contribution in [0, 0.1) is 0 Å². The molecule has 0 spiro atoms. The number of aromatic nitrogens is 2. The van der Waals surface area contributed by atoms with Gasteiger partial charge in [0.1, 0.15) is 5.75 Å². The summed E-state index contributed by atoms with van der Waals surface area (Å²) in [5.74, 6) is 1.08. The molecule has 0 saturated carbocycles. The molecule has 0 unspecified atom stereocenters. The Morgan fingerprint density at radius 1 is 1.22 bits per heavy atom. The Morgan fingerprint density at radius 2 is 2.15 bits per heavy atom. The van der Waals surface area contributed by atoms with Crippen molar-refractivity contribution in [1.82, 2.24) is 14.5 Å². The van der Waals surface area contributed by atoms with Gasteiger partial charge in [-0.2, -0.15) is 0 Å². The van der Waals surface area contributed by atoms with Gasteiger partial charge in [0.25, 0.3) is 0 Å². The van der Waals surface area contributed by atoms with Gasteiger partial charge in [0.2, 0.25) is 5.91 Å². The third-order valence-corrected chi connectivity index (χ3v) is 5.45. The number of aryl methyl sites for hydroxylation is 1. The number of carbonyl (C=O) groups is 1. The standard InChI is InChI=1S/C22H25N3O2/c1-27-21-9-4-8-20-18(21)10-14-24(20)15-11-22(26)25-13-3-2-7-19(25)17-6-5-12-23-16-17/h4-6,8-10,12,14,16,19H,2-3,7,11,13,15H2,1H3/t19-/m0/s1. The summed E-state index contributed by atoms with van der Waals surface area (Å²) in [6, 6.07) is 12.3. The maximum absolute atomic E-state index is 13.0. The van der Waals surface area contributed by atoms with Crippen molar-refractivity contribution in [2.24, 2.45) is 0 Å². The Labute approximate surface area is 159 Å². The van der Waals surface area contributed by atoms with Crippen LogP contribution in [-0.4, -0.2) is 34.0 Å². The van der Waals surface area contributed by atoms with Crippen LogP contribution in [0.1, 0.15) is 37.3 Å². The van der Waals surface area contributed by atoms with Crippen LogP contribution in [0.3, 0.4) is 0 Å². The summed E-state index contributed by atoms with van der Waals surface area (Å²) in [5.41, 5.74) is 2.24. The predicted molar refractivity (Wildman–Crippen MR) is 106 cm³/mol. The molecule has 3 aromatic rings. The normalized spacial score (nSPS) is 17.2. The quantitative estimate of drug-likeness (QED) is 0.683. The first kappa shape index (κ1) is 17.6. The molecule has 5 nitrogen and oxygen atoms in total. The summed E-state index contributed by atoms with van der Waals surface area (Å²) >= 11 is 0. The minimum Gasteiger partial charge on any atom is -0.496 e. The lowest BCUT2D eigenvalue weighted by atomic mass is 9.96. The Bertz CT molecular complexity index is 920. The van der Waals surface area contributed by atoms with Gasteiger partial charge in [-0.3, -0.25) is 9.78 Å². The minimum absolute atomic E-state index is 0.154. The molecule has 1 aromatic carbocycles. The van der Waals surface area contributed by atoms with Gasteiger partial charge in [-0.05, 0) is 49.1 Å². The van der Waals surface area contributed by atoms with Crippen molar-refractivity contribution in [2.75, 3.05) is 13.7 Å². The van der Waals surface area contributed by atoms with E-state index >= 15 is 0 Å². The zero-order valence-electron chi connectivity index (χ0n) is 15.7. The topological polar surface area (TPSA) is 47.4 Å². The summed E-state index contributed by atoms with van der Waals surface area (Å²) in [5, 5.41) is 1.08. The number of pyridine rings is 1. The Morgan fingerprint density at radius 3 is 2.96 bits per heavy atom. The van der Waals surface area contributed by atoms with Crippen LogP contribution in [0.15, 0.2) is 55.0 Å². The number of ether oxygens (including phenoxy) is 1. The highest BCUT2D eigenvalue weighted by Gasteiger charge is 2.27. The molecule has 1 amide bonds. The van der Waals surface area contributed by atoms with Gasteiger partial charge < -0.3 is 14.2 Å². The average Bonchev–Trinajstić information content (AvgIpc) is 3.16. The molecule has 140 valence electrons. The zero-order valence-corrected chi connectivity index (χ0v) is 15.7. The molecular weight excluding hydrogens is 338 g/mol. The number of hydrogen-bond acceptors (Lipinski definition) is 3. The second-order valence-electron chi connectivity index (χ2n) is 7.04. The van der Waals surface area contributed by atoms with Crippen LogP contribution >= 0.6 is 0 Å². The molecule has 0 N–H and O–H groups in total. The number of amides is 1. The van der Waals surface area contributed by atoms with E-state index in [0.29, 0.717) is 13.0 Å². The molecule has 3 heterocycles. The van der Waals surface area contributed by atoms with Gasteiger partial charge in [0.15, 0.2) is 0 Å². The molecule has 4 rings (SSSR count). The van der Waals surface area contributed by atoms with E-state index in [1.807, 2.05) is 35.5 Å². The van der Waals surface area contributed by atoms with Gasteiger partial charge in [0.05, 0.1) is 18.7 Å². The highest BCUT2D eigenvalue weighted by atomic mass is 16.5. The second-order valence-corrected chi connectivity index (χ2v) is 7.04. The molecule has 0 radical (unpaired) electrons. The van der Waals surface area contributed by atoms with E-state index < -0.39 is 0 Å². The van der Waals surface area contributed by atoms with Crippen LogP contribution in [0.4, 0.5) is 0 Å². The molecule has 0 bridgehead atoms. The summed E-state index contributed by atoms with van der Waals surface area (Å²) in [7, 11) is 1.69. The fourth-order valence-electron chi connectivity index (χ4n) is 4.08. The maximum atomic E-state index is 13.0. The van der Waals surface area contributed by atoms with Gasteiger partial charge >= 0.3 is 0 Å². The molecule has 1 saturated heterocycles. The summed E-state index contributed by atoms with van der Waals surface area (Å²) in [4.78, 5) is 19.3. The minimum atomic E-state index is 0.154. The molecule has 2 aromatic heterocycles. The predicted octanol–water partition coefficient (Wildman–Crippen LogP) is 4.19. The number of rotatable bonds is 5. The van der Waals surface area contributed by atoms with Crippen LogP contribution < -0.4 is 4.74 Å². The lowest BCUT2D eigenvalue weighted by Crippen LogP contribution is -2.38. The van der Waals surface area contributed by atoms with Crippen molar-refractivity contribution in [1.29, 1.82) is 0 Å². The number of methoxy groups -OCH3 is 1. The van der Waals surface area contributed by atoms with Crippen molar-refractivity contribution in [2.45, 2.75) is 38.3 Å². The molecular formula is C22H25N3O2. The van der Waals surface area contributed by atoms with E-state index in [2.05, 4.69) is 27.8 Å². The summed E-state index contributed by atoms with van der Waals surface area (Å²) in [6.45, 7) is 1.50. The number of likely N-dealkylation sites (tertiary alicyclic amines) is 1. The van der Waals surface area contributed by atoms with Gasteiger partial charge in [-0.15, -0.1) is 0 Å². The number of fused-ring (bicyclic) bond motifs is 1. The van der Waals surface area contributed by atoms with Gasteiger partial charge in [-0.1, -0.05) is 12.1 Å². The van der Waals surface area contributed by atoms with E-state index in [1.165, 1.54) is 0 Å².